The van der Waals surface area contributed by atoms with Gasteiger partial charge < -0.3 is 16.0 Å². The van der Waals surface area contributed by atoms with E-state index >= 15 is 0 Å². The fourth-order valence-electron chi connectivity index (χ4n) is 4.01. The van der Waals surface area contributed by atoms with Crippen LogP contribution in [0.5, 0.6) is 0 Å². The van der Waals surface area contributed by atoms with Crippen LogP contribution in [0, 0.1) is 11.8 Å². The summed E-state index contributed by atoms with van der Waals surface area (Å²) < 4.78 is 0. The topological polar surface area (TPSA) is 87.4 Å². The van der Waals surface area contributed by atoms with Crippen LogP contribution in [0.25, 0.3) is 0 Å². The SMILES string of the molecule is CNc1nc(Cl)c(Cl)c(N2CCN(CCC3CCC(C(N)=O)CC3)CC2)n1. The van der Waals surface area contributed by atoms with E-state index in [1.165, 1.54) is 6.42 Å². The second-order valence-corrected chi connectivity index (χ2v) is 8.20. The molecule has 1 saturated heterocycles. The number of nitrogens with one attached hydrogen (secondary N) is 1. The number of carbonyl (C=O) groups is 1. The molecule has 1 aliphatic carbocycles. The van der Waals surface area contributed by atoms with E-state index < -0.39 is 0 Å². The third-order valence-electron chi connectivity index (χ3n) is 5.79. The maximum absolute atomic E-state index is 11.3. The standard InChI is InChI=1S/C18H28Cl2N6O/c1-22-18-23-15(20)14(19)17(24-18)26-10-8-25(9-11-26)7-6-12-2-4-13(5-3-12)16(21)27/h12-13H,2-11H2,1H3,(H2,21,27)(H,22,23,24). The van der Waals surface area contributed by atoms with E-state index in [4.69, 9.17) is 28.9 Å². The molecule has 0 aromatic carbocycles. The quantitative estimate of drug-likeness (QED) is 0.695. The minimum atomic E-state index is -0.130. The van der Waals surface area contributed by atoms with E-state index in [0.29, 0.717) is 22.7 Å². The molecule has 0 spiro atoms. The summed E-state index contributed by atoms with van der Waals surface area (Å²) in [5.74, 6) is 1.86. The zero-order chi connectivity index (χ0) is 19.4. The van der Waals surface area contributed by atoms with Crippen molar-refractivity contribution in [1.82, 2.24) is 14.9 Å². The number of hydrogen-bond donors (Lipinski definition) is 2. The van der Waals surface area contributed by atoms with Crippen LogP contribution in [-0.4, -0.2) is 60.5 Å². The fraction of sp³-hybridized carbons (Fsp3) is 0.722. The summed E-state index contributed by atoms with van der Waals surface area (Å²) in [7, 11) is 1.76. The lowest BCUT2D eigenvalue weighted by Crippen LogP contribution is -2.47. The monoisotopic (exact) mass is 414 g/mol. The molecule has 1 amide bonds. The number of halogens is 2. The van der Waals surface area contributed by atoms with Crippen LogP contribution in [0.1, 0.15) is 32.1 Å². The first-order chi connectivity index (χ1) is 13.0. The Morgan fingerprint density at radius 3 is 2.41 bits per heavy atom. The summed E-state index contributed by atoms with van der Waals surface area (Å²) in [6, 6.07) is 0. The average Bonchev–Trinajstić information content (AvgIpc) is 2.69. The minimum absolute atomic E-state index is 0.0942. The Morgan fingerprint density at radius 1 is 1.15 bits per heavy atom. The lowest BCUT2D eigenvalue weighted by atomic mass is 9.80. The van der Waals surface area contributed by atoms with Crippen molar-refractivity contribution in [1.29, 1.82) is 0 Å². The van der Waals surface area contributed by atoms with Gasteiger partial charge >= 0.3 is 0 Å². The number of carbonyl (C=O) groups excluding carboxylic acids is 1. The van der Waals surface area contributed by atoms with Gasteiger partial charge in [-0.15, -0.1) is 0 Å². The maximum atomic E-state index is 11.3. The summed E-state index contributed by atoms with van der Waals surface area (Å²) in [6.45, 7) is 4.78. The molecule has 1 aromatic heterocycles. The second kappa shape index (κ2) is 9.26. The number of nitrogens with two attached hydrogens (primary N) is 1. The van der Waals surface area contributed by atoms with Gasteiger partial charge in [0.15, 0.2) is 11.0 Å². The predicted octanol–water partition coefficient (Wildman–Crippen LogP) is 2.63. The van der Waals surface area contributed by atoms with Crippen LogP contribution in [0.3, 0.4) is 0 Å². The molecule has 2 heterocycles. The highest BCUT2D eigenvalue weighted by molar-refractivity contribution is 6.42. The van der Waals surface area contributed by atoms with Crippen molar-refractivity contribution >= 4 is 40.9 Å². The Balaban J connectivity index is 1.46. The van der Waals surface area contributed by atoms with E-state index in [9.17, 15) is 4.79 Å². The highest BCUT2D eigenvalue weighted by Crippen LogP contribution is 2.32. The predicted molar refractivity (Wildman–Crippen MR) is 110 cm³/mol. The molecule has 9 heteroatoms. The smallest absolute Gasteiger partial charge is 0.225 e. The number of hydrogen-bond acceptors (Lipinski definition) is 6. The average molecular weight is 415 g/mol. The Hall–Kier alpha value is -1.31. The second-order valence-electron chi connectivity index (χ2n) is 7.46. The molecule has 0 bridgehead atoms. The van der Waals surface area contributed by atoms with Crippen LogP contribution in [-0.2, 0) is 4.79 Å². The van der Waals surface area contributed by atoms with E-state index in [-0.39, 0.29) is 17.0 Å². The van der Waals surface area contributed by atoms with Gasteiger partial charge in [-0.25, -0.2) is 0 Å². The summed E-state index contributed by atoms with van der Waals surface area (Å²) in [5.41, 5.74) is 5.42. The normalized spacial score (nSPS) is 24.0. The molecule has 7 nitrogen and oxygen atoms in total. The van der Waals surface area contributed by atoms with Crippen molar-refractivity contribution in [2.45, 2.75) is 32.1 Å². The van der Waals surface area contributed by atoms with E-state index in [0.717, 1.165) is 58.4 Å². The van der Waals surface area contributed by atoms with Crippen LogP contribution in [0.2, 0.25) is 10.2 Å². The third-order valence-corrected chi connectivity index (χ3v) is 6.51. The summed E-state index contributed by atoms with van der Waals surface area (Å²) in [5, 5.41) is 3.61. The van der Waals surface area contributed by atoms with Gasteiger partial charge in [-0.1, -0.05) is 23.2 Å². The van der Waals surface area contributed by atoms with Crippen LogP contribution in [0.4, 0.5) is 11.8 Å². The molecule has 1 aliphatic heterocycles. The van der Waals surface area contributed by atoms with Crippen LogP contribution >= 0.6 is 23.2 Å². The van der Waals surface area contributed by atoms with E-state index in [2.05, 4.69) is 25.1 Å². The van der Waals surface area contributed by atoms with Crippen molar-refractivity contribution in [3.63, 3.8) is 0 Å². The molecule has 150 valence electrons. The lowest BCUT2D eigenvalue weighted by molar-refractivity contribution is -0.123. The highest BCUT2D eigenvalue weighted by atomic mass is 35.5. The zero-order valence-corrected chi connectivity index (χ0v) is 17.3. The molecule has 1 saturated carbocycles. The first-order valence-corrected chi connectivity index (χ1v) is 10.4. The molecule has 0 unspecified atom stereocenters. The molecule has 2 aliphatic rings. The first kappa shape index (κ1) is 20.4. The number of primary amides is 1. The Kier molecular flexibility index (Phi) is 7.00. The fourth-order valence-corrected chi connectivity index (χ4v) is 4.38. The van der Waals surface area contributed by atoms with Gasteiger partial charge in [0, 0.05) is 39.1 Å². The zero-order valence-electron chi connectivity index (χ0n) is 15.8. The summed E-state index contributed by atoms with van der Waals surface area (Å²) in [6.07, 6.45) is 5.34. The van der Waals surface area contributed by atoms with Crippen molar-refractivity contribution in [3.8, 4) is 0 Å². The largest absolute Gasteiger partial charge is 0.369 e. The van der Waals surface area contributed by atoms with Crippen molar-refractivity contribution in [2.75, 3.05) is 50.0 Å². The van der Waals surface area contributed by atoms with Gasteiger partial charge in [-0.2, -0.15) is 9.97 Å². The molecule has 3 rings (SSSR count). The Morgan fingerprint density at radius 2 is 1.81 bits per heavy atom. The molecule has 0 radical (unpaired) electrons. The lowest BCUT2D eigenvalue weighted by Gasteiger charge is -2.37. The van der Waals surface area contributed by atoms with Crippen LogP contribution in [0.15, 0.2) is 0 Å². The van der Waals surface area contributed by atoms with Gasteiger partial charge in [0.2, 0.25) is 11.9 Å². The molecule has 0 atom stereocenters. The number of nitrogens with zero attached hydrogens (tertiary/aromatic N) is 4. The maximum Gasteiger partial charge on any atom is 0.225 e. The number of rotatable bonds is 6. The first-order valence-electron chi connectivity index (χ1n) is 9.65. The molecule has 1 aromatic rings. The summed E-state index contributed by atoms with van der Waals surface area (Å²) >= 11 is 12.4. The highest BCUT2D eigenvalue weighted by Gasteiger charge is 2.26. The molecular weight excluding hydrogens is 387 g/mol. The molecular formula is C18H28Cl2N6O. The van der Waals surface area contributed by atoms with Gasteiger partial charge in [0.05, 0.1) is 0 Å². The minimum Gasteiger partial charge on any atom is -0.369 e. The van der Waals surface area contributed by atoms with Crippen molar-refractivity contribution in [2.24, 2.45) is 17.6 Å². The van der Waals surface area contributed by atoms with Gasteiger partial charge in [-0.3, -0.25) is 9.69 Å². The Bertz CT molecular complexity index is 657. The Labute approximate surface area is 170 Å². The van der Waals surface area contributed by atoms with Gasteiger partial charge in [0.25, 0.3) is 0 Å². The summed E-state index contributed by atoms with van der Waals surface area (Å²) in [4.78, 5) is 24.5. The number of amides is 1. The van der Waals surface area contributed by atoms with E-state index in [1.807, 2.05) is 0 Å². The number of aromatic nitrogens is 2. The molecule has 2 fully saturated rings. The number of piperazine rings is 1. The molecule has 27 heavy (non-hydrogen) atoms. The van der Waals surface area contributed by atoms with Gasteiger partial charge in [0.1, 0.15) is 5.02 Å². The third kappa shape index (κ3) is 5.15. The van der Waals surface area contributed by atoms with Crippen molar-refractivity contribution < 1.29 is 4.79 Å². The van der Waals surface area contributed by atoms with Crippen LogP contribution < -0.4 is 16.0 Å². The van der Waals surface area contributed by atoms with Gasteiger partial charge in [-0.05, 0) is 44.6 Å². The van der Waals surface area contributed by atoms with Crippen molar-refractivity contribution in [3.05, 3.63) is 10.2 Å². The van der Waals surface area contributed by atoms with E-state index in [1.54, 1.807) is 7.05 Å². The number of anilines is 2. The molecule has 3 N–H and O–H groups in total.